The summed E-state index contributed by atoms with van der Waals surface area (Å²) in [6, 6.07) is 0.155. The van der Waals surface area contributed by atoms with Gasteiger partial charge in [0, 0.05) is 31.3 Å². The van der Waals surface area contributed by atoms with Gasteiger partial charge in [-0.25, -0.2) is 0 Å². The van der Waals surface area contributed by atoms with Gasteiger partial charge in [0.15, 0.2) is 4.34 Å². The highest BCUT2D eigenvalue weighted by atomic mass is 32.2. The lowest BCUT2D eigenvalue weighted by molar-refractivity contribution is -0.122. The first-order valence-electron chi connectivity index (χ1n) is 6.75. The molecular weight excluding hydrogens is 296 g/mol. The van der Waals surface area contributed by atoms with E-state index in [4.69, 9.17) is 4.74 Å². The molecule has 1 aromatic rings. The summed E-state index contributed by atoms with van der Waals surface area (Å²) in [5, 5.41) is 15.2. The maximum Gasteiger partial charge on any atom is 0.221 e. The van der Waals surface area contributed by atoms with Crippen LogP contribution in [0.5, 0.6) is 0 Å². The number of hydrogen-bond donors (Lipinski definition) is 2. The van der Waals surface area contributed by atoms with Crippen LogP contribution in [0.2, 0.25) is 0 Å². The summed E-state index contributed by atoms with van der Waals surface area (Å²) in [7, 11) is 0. The summed E-state index contributed by atoms with van der Waals surface area (Å²) in [6.07, 6.45) is 1.42. The number of carbonyl (C=O) groups is 1. The van der Waals surface area contributed by atoms with Crippen LogP contribution in [-0.4, -0.2) is 54.2 Å². The van der Waals surface area contributed by atoms with E-state index in [0.29, 0.717) is 19.6 Å². The molecule has 1 aromatic heterocycles. The van der Waals surface area contributed by atoms with Gasteiger partial charge in [-0.15, -0.1) is 10.2 Å². The number of carbonyl (C=O) groups excluding carboxylic acids is 1. The van der Waals surface area contributed by atoms with Crippen LogP contribution < -0.4 is 10.6 Å². The summed E-state index contributed by atoms with van der Waals surface area (Å²) in [5.74, 6) is 1.03. The Morgan fingerprint density at radius 3 is 3.20 bits per heavy atom. The molecule has 20 heavy (non-hydrogen) atoms. The minimum absolute atomic E-state index is 0.0877. The number of aryl methyl sites for hydroxylation is 1. The van der Waals surface area contributed by atoms with Crippen molar-refractivity contribution in [3.8, 4) is 0 Å². The zero-order valence-corrected chi connectivity index (χ0v) is 13.2. The molecule has 0 saturated carbocycles. The normalized spacial score (nSPS) is 18.9. The van der Waals surface area contributed by atoms with Gasteiger partial charge in [0.25, 0.3) is 0 Å². The summed E-state index contributed by atoms with van der Waals surface area (Å²) < 4.78 is 6.32. The molecule has 2 rings (SSSR count). The summed E-state index contributed by atoms with van der Waals surface area (Å²) in [6.45, 7) is 4.85. The lowest BCUT2D eigenvalue weighted by atomic mass is 10.2. The number of ether oxygens (including phenoxy) is 1. The number of amides is 1. The molecule has 0 aliphatic carbocycles. The largest absolute Gasteiger partial charge is 0.378 e. The van der Waals surface area contributed by atoms with Gasteiger partial charge in [-0.3, -0.25) is 4.79 Å². The molecule has 1 aliphatic heterocycles. The molecular formula is C12H20N4O2S2. The third-order valence-corrected chi connectivity index (χ3v) is 4.86. The fourth-order valence-corrected chi connectivity index (χ4v) is 3.67. The Hall–Kier alpha value is -0.700. The maximum atomic E-state index is 11.7. The first-order chi connectivity index (χ1) is 9.74. The second-order valence-corrected chi connectivity index (χ2v) is 7.09. The second-order valence-electron chi connectivity index (χ2n) is 4.57. The minimum atomic E-state index is 0.0877. The van der Waals surface area contributed by atoms with Gasteiger partial charge in [-0.1, -0.05) is 23.1 Å². The van der Waals surface area contributed by atoms with E-state index in [1.165, 1.54) is 0 Å². The predicted molar refractivity (Wildman–Crippen MR) is 80.2 cm³/mol. The Bertz CT molecular complexity index is 421. The molecule has 1 aliphatic rings. The van der Waals surface area contributed by atoms with Crippen molar-refractivity contribution >= 4 is 29.0 Å². The van der Waals surface area contributed by atoms with Crippen molar-refractivity contribution in [1.82, 2.24) is 20.8 Å². The first kappa shape index (κ1) is 15.7. The fraction of sp³-hybridized carbons (Fsp3) is 0.750. The number of thioether (sulfide) groups is 1. The van der Waals surface area contributed by atoms with E-state index >= 15 is 0 Å². The van der Waals surface area contributed by atoms with Crippen molar-refractivity contribution < 1.29 is 9.53 Å². The number of hydrogen-bond acceptors (Lipinski definition) is 7. The number of morpholine rings is 1. The van der Waals surface area contributed by atoms with Crippen LogP contribution in [0.25, 0.3) is 0 Å². The molecule has 1 atom stereocenters. The summed E-state index contributed by atoms with van der Waals surface area (Å²) in [5.41, 5.74) is 0. The number of nitrogens with one attached hydrogen (secondary N) is 2. The topological polar surface area (TPSA) is 76.1 Å². The number of rotatable bonds is 7. The molecule has 1 amide bonds. The minimum Gasteiger partial charge on any atom is -0.378 e. The van der Waals surface area contributed by atoms with Crippen LogP contribution in [0.3, 0.4) is 0 Å². The smallest absolute Gasteiger partial charge is 0.221 e. The van der Waals surface area contributed by atoms with Crippen LogP contribution >= 0.6 is 23.1 Å². The van der Waals surface area contributed by atoms with Crippen molar-refractivity contribution in [2.75, 3.05) is 32.1 Å². The van der Waals surface area contributed by atoms with Crippen molar-refractivity contribution in [2.45, 2.75) is 30.1 Å². The van der Waals surface area contributed by atoms with Crippen molar-refractivity contribution in [1.29, 1.82) is 0 Å². The molecule has 8 heteroatoms. The van der Waals surface area contributed by atoms with Crippen LogP contribution in [0.1, 0.15) is 17.8 Å². The van der Waals surface area contributed by atoms with Gasteiger partial charge >= 0.3 is 0 Å². The van der Waals surface area contributed by atoms with Crippen molar-refractivity contribution in [3.05, 3.63) is 5.01 Å². The third-order valence-electron chi connectivity index (χ3n) is 2.81. The highest BCUT2D eigenvalue weighted by molar-refractivity contribution is 8.01. The van der Waals surface area contributed by atoms with E-state index in [-0.39, 0.29) is 11.9 Å². The van der Waals surface area contributed by atoms with Crippen LogP contribution in [0.15, 0.2) is 4.34 Å². The second kappa shape index (κ2) is 8.56. The zero-order chi connectivity index (χ0) is 14.2. The molecule has 0 spiro atoms. The monoisotopic (exact) mass is 316 g/mol. The Morgan fingerprint density at radius 1 is 1.60 bits per heavy atom. The van der Waals surface area contributed by atoms with Crippen LogP contribution in [0, 0.1) is 6.92 Å². The van der Waals surface area contributed by atoms with Gasteiger partial charge in [0.05, 0.1) is 13.2 Å². The average molecular weight is 316 g/mol. The Labute approximate surface area is 127 Å². The molecule has 6 nitrogen and oxygen atoms in total. The zero-order valence-electron chi connectivity index (χ0n) is 11.6. The summed E-state index contributed by atoms with van der Waals surface area (Å²) >= 11 is 3.30. The molecule has 2 N–H and O–H groups in total. The van der Waals surface area contributed by atoms with Crippen LogP contribution in [0.4, 0.5) is 0 Å². The van der Waals surface area contributed by atoms with E-state index < -0.39 is 0 Å². The van der Waals surface area contributed by atoms with Gasteiger partial charge < -0.3 is 15.4 Å². The van der Waals surface area contributed by atoms with Gasteiger partial charge in [-0.05, 0) is 13.3 Å². The SMILES string of the molecule is Cc1nnc(SCCCNC(=O)CC2COCCN2)s1. The highest BCUT2D eigenvalue weighted by Crippen LogP contribution is 2.21. The maximum absolute atomic E-state index is 11.7. The quantitative estimate of drug-likeness (QED) is 0.573. The molecule has 1 unspecified atom stereocenters. The van der Waals surface area contributed by atoms with Crippen LogP contribution in [-0.2, 0) is 9.53 Å². The number of nitrogens with zero attached hydrogens (tertiary/aromatic N) is 2. The third kappa shape index (κ3) is 5.74. The Morgan fingerprint density at radius 2 is 2.50 bits per heavy atom. The Kier molecular flexibility index (Phi) is 6.71. The standard InChI is InChI=1S/C12H20N4O2S2/c1-9-15-16-12(20-9)19-6-2-3-14-11(17)7-10-8-18-5-4-13-10/h10,13H,2-8H2,1H3,(H,14,17). The van der Waals surface area contributed by atoms with E-state index in [9.17, 15) is 4.79 Å². The van der Waals surface area contributed by atoms with Crippen molar-refractivity contribution in [2.24, 2.45) is 0 Å². The molecule has 0 aromatic carbocycles. The molecule has 2 heterocycles. The van der Waals surface area contributed by atoms with Gasteiger partial charge in [0.2, 0.25) is 5.91 Å². The molecule has 1 saturated heterocycles. The molecule has 0 radical (unpaired) electrons. The van der Waals surface area contributed by atoms with Gasteiger partial charge in [0.1, 0.15) is 5.01 Å². The predicted octanol–water partition coefficient (Wildman–Crippen LogP) is 0.823. The molecule has 112 valence electrons. The van der Waals surface area contributed by atoms with E-state index in [1.807, 2.05) is 6.92 Å². The van der Waals surface area contributed by atoms with E-state index in [2.05, 4.69) is 20.8 Å². The van der Waals surface area contributed by atoms with Crippen molar-refractivity contribution in [3.63, 3.8) is 0 Å². The average Bonchev–Trinajstić information content (AvgIpc) is 2.85. The highest BCUT2D eigenvalue weighted by Gasteiger charge is 2.16. The lowest BCUT2D eigenvalue weighted by Crippen LogP contribution is -2.44. The van der Waals surface area contributed by atoms with Gasteiger partial charge in [-0.2, -0.15) is 0 Å². The van der Waals surface area contributed by atoms with E-state index in [1.54, 1.807) is 23.1 Å². The molecule has 1 fully saturated rings. The first-order valence-corrected chi connectivity index (χ1v) is 8.55. The fourth-order valence-electron chi connectivity index (χ4n) is 1.84. The molecule has 0 bridgehead atoms. The summed E-state index contributed by atoms with van der Waals surface area (Å²) in [4.78, 5) is 11.7. The lowest BCUT2D eigenvalue weighted by Gasteiger charge is -2.23. The Balaban J connectivity index is 1.50. The number of aromatic nitrogens is 2. The van der Waals surface area contributed by atoms with E-state index in [0.717, 1.165) is 34.7 Å².